The Labute approximate surface area is 206 Å². The lowest BCUT2D eigenvalue weighted by Gasteiger charge is -2.48. The number of nitrogens with two attached hydrogens (primary N) is 1. The van der Waals surface area contributed by atoms with Gasteiger partial charge in [0.15, 0.2) is 0 Å². The van der Waals surface area contributed by atoms with E-state index >= 15 is 0 Å². The lowest BCUT2D eigenvalue weighted by Crippen LogP contribution is -2.63. The summed E-state index contributed by atoms with van der Waals surface area (Å²) in [7, 11) is 0. The molecule has 0 spiro atoms. The maximum Gasteiger partial charge on any atom is 0.258 e. The van der Waals surface area contributed by atoms with Crippen LogP contribution in [0.5, 0.6) is 0 Å². The lowest BCUT2D eigenvalue weighted by atomic mass is 9.98. The molecule has 0 aliphatic carbocycles. The van der Waals surface area contributed by atoms with Gasteiger partial charge < -0.3 is 16.0 Å². The van der Waals surface area contributed by atoms with E-state index < -0.39 is 17.5 Å². The normalized spacial score (nSPS) is 18.9. The Morgan fingerprint density at radius 3 is 2.49 bits per heavy atom. The number of nitrogens with one attached hydrogen (secondary N) is 1. The summed E-state index contributed by atoms with van der Waals surface area (Å²) >= 11 is 1.26. The molecule has 2 aromatic carbocycles. The molecule has 5 rings (SSSR count). The number of hydrogen-bond donors (Lipinski definition) is 2. The number of hydrogen-bond acceptors (Lipinski definition) is 5. The summed E-state index contributed by atoms with van der Waals surface area (Å²) in [4.78, 5) is 55.7. The number of aryl methyl sites for hydroxylation is 1. The Balaban J connectivity index is 1.47. The van der Waals surface area contributed by atoms with Gasteiger partial charge in [-0.2, -0.15) is 0 Å². The van der Waals surface area contributed by atoms with Crippen LogP contribution in [0, 0.1) is 6.92 Å². The van der Waals surface area contributed by atoms with Crippen LogP contribution < -0.4 is 16.0 Å². The first kappa shape index (κ1) is 22.8. The number of benzene rings is 2. The van der Waals surface area contributed by atoms with Crippen LogP contribution in [0.25, 0.3) is 11.1 Å². The highest BCUT2D eigenvalue weighted by atomic mass is 32.1. The number of carbonyl (C=O) groups is 4. The fraction of sp³-hybridized carbons (Fsp3) is 0.231. The van der Waals surface area contributed by atoms with Gasteiger partial charge in [0.2, 0.25) is 11.8 Å². The van der Waals surface area contributed by atoms with Crippen molar-refractivity contribution in [2.45, 2.75) is 32.4 Å². The van der Waals surface area contributed by atoms with Crippen molar-refractivity contribution in [3.63, 3.8) is 0 Å². The third kappa shape index (κ3) is 3.59. The van der Waals surface area contributed by atoms with Gasteiger partial charge in [-0.15, -0.1) is 11.3 Å². The van der Waals surface area contributed by atoms with E-state index in [0.717, 1.165) is 10.4 Å². The fourth-order valence-corrected chi connectivity index (χ4v) is 6.17. The van der Waals surface area contributed by atoms with Gasteiger partial charge in [-0.25, -0.2) is 0 Å². The van der Waals surface area contributed by atoms with E-state index in [1.165, 1.54) is 16.2 Å². The molecule has 4 amide bonds. The molecule has 35 heavy (non-hydrogen) atoms. The van der Waals surface area contributed by atoms with Gasteiger partial charge in [0.1, 0.15) is 17.2 Å². The van der Waals surface area contributed by atoms with Gasteiger partial charge in [0, 0.05) is 16.9 Å². The first-order valence-corrected chi connectivity index (χ1v) is 12.1. The molecule has 1 atom stereocenters. The quantitative estimate of drug-likeness (QED) is 0.569. The van der Waals surface area contributed by atoms with E-state index in [0.29, 0.717) is 28.2 Å². The summed E-state index contributed by atoms with van der Waals surface area (Å²) in [5.74, 6) is -1.52. The van der Waals surface area contributed by atoms with Crippen LogP contribution in [0.1, 0.15) is 45.4 Å². The monoisotopic (exact) mass is 488 g/mol. The average Bonchev–Trinajstić information content (AvgIpc) is 3.33. The second-order valence-electron chi connectivity index (χ2n) is 8.87. The summed E-state index contributed by atoms with van der Waals surface area (Å²) in [5.41, 5.74) is 7.46. The number of carbonyl (C=O) groups excluding carboxylic acids is 4. The zero-order chi connectivity index (χ0) is 24.9. The van der Waals surface area contributed by atoms with Crippen LogP contribution >= 0.6 is 11.3 Å². The van der Waals surface area contributed by atoms with Gasteiger partial charge in [-0.1, -0.05) is 42.5 Å². The highest BCUT2D eigenvalue weighted by Gasteiger charge is 2.53. The molecular formula is C26H24N4O4S. The van der Waals surface area contributed by atoms with Crippen LogP contribution in [0.2, 0.25) is 0 Å². The molecule has 0 saturated carbocycles. The average molecular weight is 489 g/mol. The maximum absolute atomic E-state index is 13.4. The fourth-order valence-electron chi connectivity index (χ4n) is 5.07. The number of nitrogens with zero attached hydrogens (tertiary/aromatic N) is 2. The third-order valence-corrected chi connectivity index (χ3v) is 7.71. The van der Waals surface area contributed by atoms with E-state index in [9.17, 15) is 19.2 Å². The van der Waals surface area contributed by atoms with Gasteiger partial charge in [-0.05, 0) is 38.0 Å². The van der Waals surface area contributed by atoms with Crippen LogP contribution in [0.15, 0.2) is 54.6 Å². The molecule has 3 heterocycles. The molecule has 1 aromatic heterocycles. The molecule has 0 bridgehead atoms. The first-order chi connectivity index (χ1) is 16.7. The van der Waals surface area contributed by atoms with Gasteiger partial charge in [0.05, 0.1) is 16.8 Å². The summed E-state index contributed by atoms with van der Waals surface area (Å²) < 4.78 is 0. The standard InChI is InChI=1S/C26H24N4O4S/c1-15-21(16-8-4-3-5-9-16)22(23(27)33)24(35-15)28-19(31)14-29-25(34)17-10-6-7-11-18(17)30-20(32)12-13-26(29,30)2/h3-11H,12-14H2,1-2H3,(H2,27,33)(H,28,31). The number of rotatable bonds is 5. The van der Waals surface area contributed by atoms with E-state index in [1.54, 1.807) is 36.1 Å². The second-order valence-corrected chi connectivity index (χ2v) is 10.1. The molecule has 3 N–H and O–H groups in total. The summed E-state index contributed by atoms with van der Waals surface area (Å²) in [6.45, 7) is 3.39. The van der Waals surface area contributed by atoms with Crippen LogP contribution in [0.4, 0.5) is 10.7 Å². The highest BCUT2D eigenvalue weighted by Crippen LogP contribution is 2.44. The van der Waals surface area contributed by atoms with Crippen LogP contribution in [-0.4, -0.2) is 40.7 Å². The minimum Gasteiger partial charge on any atom is -0.365 e. The van der Waals surface area contributed by atoms with Gasteiger partial charge >= 0.3 is 0 Å². The molecule has 0 radical (unpaired) electrons. The summed E-state index contributed by atoms with van der Waals surface area (Å²) in [6.07, 6.45) is 0.703. The van der Waals surface area contributed by atoms with Crippen LogP contribution in [0.3, 0.4) is 0 Å². The SMILES string of the molecule is Cc1sc(NC(=O)CN2C(=O)c3ccccc3N3C(=O)CCC23C)c(C(N)=O)c1-c1ccccc1. The van der Waals surface area contributed by atoms with Crippen molar-refractivity contribution in [3.8, 4) is 11.1 Å². The Morgan fingerprint density at radius 2 is 1.77 bits per heavy atom. The number of fused-ring (bicyclic) bond motifs is 3. The topological polar surface area (TPSA) is 113 Å². The lowest BCUT2D eigenvalue weighted by molar-refractivity contribution is -0.120. The van der Waals surface area contributed by atoms with E-state index in [2.05, 4.69) is 5.32 Å². The number of anilines is 2. The zero-order valence-corrected chi connectivity index (χ0v) is 20.1. The molecule has 178 valence electrons. The van der Waals surface area contributed by atoms with Crippen LogP contribution in [-0.2, 0) is 9.59 Å². The van der Waals surface area contributed by atoms with Crippen molar-refractivity contribution in [1.29, 1.82) is 0 Å². The number of para-hydroxylation sites is 1. The van der Waals surface area contributed by atoms with E-state index in [-0.39, 0.29) is 30.3 Å². The second kappa shape index (κ2) is 8.35. The van der Waals surface area contributed by atoms with Gasteiger partial charge in [0.25, 0.3) is 11.8 Å². The Kier molecular flexibility index (Phi) is 5.44. The minimum atomic E-state index is -0.951. The largest absolute Gasteiger partial charge is 0.365 e. The Morgan fingerprint density at radius 1 is 1.09 bits per heavy atom. The molecule has 2 aliphatic heterocycles. The van der Waals surface area contributed by atoms with Crippen molar-refractivity contribution in [1.82, 2.24) is 4.90 Å². The molecule has 3 aromatic rings. The Hall–Kier alpha value is -3.98. The van der Waals surface area contributed by atoms with E-state index in [4.69, 9.17) is 5.73 Å². The molecule has 2 aliphatic rings. The highest BCUT2D eigenvalue weighted by molar-refractivity contribution is 7.17. The summed E-state index contributed by atoms with van der Waals surface area (Å²) in [6, 6.07) is 16.3. The molecular weight excluding hydrogens is 464 g/mol. The third-order valence-electron chi connectivity index (χ3n) is 6.69. The predicted octanol–water partition coefficient (Wildman–Crippen LogP) is 3.76. The molecule has 1 fully saturated rings. The smallest absolute Gasteiger partial charge is 0.258 e. The van der Waals surface area contributed by atoms with Crippen molar-refractivity contribution < 1.29 is 19.2 Å². The zero-order valence-electron chi connectivity index (χ0n) is 19.3. The summed E-state index contributed by atoms with van der Waals surface area (Å²) in [5, 5.41) is 3.15. The van der Waals surface area contributed by atoms with Gasteiger partial charge in [-0.3, -0.25) is 24.1 Å². The first-order valence-electron chi connectivity index (χ1n) is 11.2. The number of thiophene rings is 1. The van der Waals surface area contributed by atoms with E-state index in [1.807, 2.05) is 37.3 Å². The van der Waals surface area contributed by atoms with Crippen molar-refractivity contribution in [2.75, 3.05) is 16.8 Å². The van der Waals surface area contributed by atoms with Crippen molar-refractivity contribution >= 4 is 45.7 Å². The number of primary amides is 1. The molecule has 9 heteroatoms. The Bertz CT molecular complexity index is 1380. The number of amides is 4. The molecule has 1 saturated heterocycles. The predicted molar refractivity (Wildman–Crippen MR) is 134 cm³/mol. The van der Waals surface area contributed by atoms with Crippen molar-refractivity contribution in [3.05, 3.63) is 70.6 Å². The molecule has 8 nitrogen and oxygen atoms in total. The minimum absolute atomic E-state index is 0.0877. The molecule has 1 unspecified atom stereocenters. The van der Waals surface area contributed by atoms with Crippen molar-refractivity contribution in [2.24, 2.45) is 5.73 Å². The maximum atomic E-state index is 13.4.